The first kappa shape index (κ1) is 12.2. The lowest BCUT2D eigenvalue weighted by Crippen LogP contribution is -2.15. The molecule has 2 heteroatoms. The Hall–Kier alpha value is -0.860. The van der Waals surface area contributed by atoms with Gasteiger partial charge in [0.05, 0.1) is 0 Å². The fourth-order valence-corrected chi connectivity index (χ4v) is 1.52. The Morgan fingerprint density at radius 3 is 2.33 bits per heavy atom. The molecule has 0 bridgehead atoms. The molecule has 0 unspecified atom stereocenters. The second-order valence-electron chi connectivity index (χ2n) is 3.84. The summed E-state index contributed by atoms with van der Waals surface area (Å²) in [5.41, 5.74) is 8.19. The molecule has 1 rings (SSSR count). The number of rotatable bonds is 7. The van der Waals surface area contributed by atoms with E-state index in [-0.39, 0.29) is 0 Å². The zero-order valence-electron chi connectivity index (χ0n) is 9.63. The standard InChI is InChI=1S/C13H22N2/c1-2-12-5-7-13(8-6-12)11-15-10-4-3-9-14/h5-8,15H,2-4,9-11,14H2,1H3. The van der Waals surface area contributed by atoms with Gasteiger partial charge in [-0.15, -0.1) is 0 Å². The van der Waals surface area contributed by atoms with Crippen LogP contribution in [0.4, 0.5) is 0 Å². The van der Waals surface area contributed by atoms with Crippen LogP contribution in [0, 0.1) is 0 Å². The van der Waals surface area contributed by atoms with E-state index in [9.17, 15) is 0 Å². The zero-order valence-corrected chi connectivity index (χ0v) is 9.63. The van der Waals surface area contributed by atoms with Gasteiger partial charge in [-0.1, -0.05) is 31.2 Å². The van der Waals surface area contributed by atoms with E-state index in [1.54, 1.807) is 0 Å². The molecule has 0 atom stereocenters. The van der Waals surface area contributed by atoms with E-state index < -0.39 is 0 Å². The molecule has 0 aromatic heterocycles. The molecule has 1 aromatic carbocycles. The highest BCUT2D eigenvalue weighted by Gasteiger charge is 1.93. The molecule has 0 saturated carbocycles. The molecule has 0 aliphatic carbocycles. The predicted molar refractivity (Wildman–Crippen MR) is 65.8 cm³/mol. The van der Waals surface area contributed by atoms with Crippen molar-refractivity contribution in [2.75, 3.05) is 13.1 Å². The van der Waals surface area contributed by atoms with Gasteiger partial charge >= 0.3 is 0 Å². The molecule has 3 N–H and O–H groups in total. The third-order valence-corrected chi connectivity index (χ3v) is 2.57. The molecule has 0 radical (unpaired) electrons. The summed E-state index contributed by atoms with van der Waals surface area (Å²) in [7, 11) is 0. The van der Waals surface area contributed by atoms with Crippen LogP contribution in [0.5, 0.6) is 0 Å². The predicted octanol–water partition coefficient (Wildman–Crippen LogP) is 2.08. The van der Waals surface area contributed by atoms with Crippen LogP contribution in [-0.4, -0.2) is 13.1 Å². The van der Waals surface area contributed by atoms with Gasteiger partial charge in [-0.3, -0.25) is 0 Å². The van der Waals surface area contributed by atoms with Crippen molar-refractivity contribution in [1.29, 1.82) is 0 Å². The van der Waals surface area contributed by atoms with Crippen LogP contribution in [0.2, 0.25) is 0 Å². The van der Waals surface area contributed by atoms with Crippen LogP contribution in [0.15, 0.2) is 24.3 Å². The van der Waals surface area contributed by atoms with Crippen molar-refractivity contribution in [2.24, 2.45) is 5.73 Å². The highest BCUT2D eigenvalue weighted by Crippen LogP contribution is 2.04. The number of aryl methyl sites for hydroxylation is 1. The molecule has 0 heterocycles. The van der Waals surface area contributed by atoms with Gasteiger partial charge in [0.25, 0.3) is 0 Å². The molecule has 0 aliphatic heterocycles. The van der Waals surface area contributed by atoms with Crippen molar-refractivity contribution in [2.45, 2.75) is 32.7 Å². The van der Waals surface area contributed by atoms with Gasteiger partial charge in [-0.05, 0) is 43.5 Å². The Bertz CT molecular complexity index is 254. The summed E-state index contributed by atoms with van der Waals surface area (Å²) in [6.45, 7) is 5.01. The minimum absolute atomic E-state index is 0.798. The monoisotopic (exact) mass is 206 g/mol. The van der Waals surface area contributed by atoms with Crippen LogP contribution < -0.4 is 11.1 Å². The van der Waals surface area contributed by atoms with E-state index in [2.05, 4.69) is 36.5 Å². The first-order valence-electron chi connectivity index (χ1n) is 5.85. The topological polar surface area (TPSA) is 38.0 Å². The maximum absolute atomic E-state index is 5.43. The van der Waals surface area contributed by atoms with Gasteiger partial charge in [0.1, 0.15) is 0 Å². The van der Waals surface area contributed by atoms with Crippen molar-refractivity contribution in [1.82, 2.24) is 5.32 Å². The van der Waals surface area contributed by atoms with E-state index >= 15 is 0 Å². The largest absolute Gasteiger partial charge is 0.330 e. The van der Waals surface area contributed by atoms with Crippen molar-refractivity contribution in [3.63, 3.8) is 0 Å². The van der Waals surface area contributed by atoms with E-state index in [1.807, 2.05) is 0 Å². The smallest absolute Gasteiger partial charge is 0.0205 e. The Kier molecular flexibility index (Phi) is 6.05. The van der Waals surface area contributed by atoms with E-state index in [0.29, 0.717) is 0 Å². The summed E-state index contributed by atoms with van der Waals surface area (Å²) in [5.74, 6) is 0. The second kappa shape index (κ2) is 7.43. The van der Waals surface area contributed by atoms with Gasteiger partial charge < -0.3 is 11.1 Å². The van der Waals surface area contributed by atoms with Gasteiger partial charge in [0, 0.05) is 6.54 Å². The van der Waals surface area contributed by atoms with Crippen LogP contribution >= 0.6 is 0 Å². The quantitative estimate of drug-likeness (QED) is 0.670. The minimum Gasteiger partial charge on any atom is -0.330 e. The molecule has 84 valence electrons. The molecule has 0 amide bonds. The highest BCUT2D eigenvalue weighted by molar-refractivity contribution is 5.22. The Labute approximate surface area is 92.9 Å². The molecule has 0 spiro atoms. The Morgan fingerprint density at radius 2 is 1.73 bits per heavy atom. The zero-order chi connectivity index (χ0) is 10.9. The van der Waals surface area contributed by atoms with Crippen LogP contribution in [0.25, 0.3) is 0 Å². The third-order valence-electron chi connectivity index (χ3n) is 2.57. The summed E-state index contributed by atoms with van der Waals surface area (Å²) in [6, 6.07) is 8.82. The number of nitrogens with two attached hydrogens (primary N) is 1. The molecule has 0 fully saturated rings. The molecular weight excluding hydrogens is 184 g/mol. The number of unbranched alkanes of at least 4 members (excludes halogenated alkanes) is 1. The van der Waals surface area contributed by atoms with Gasteiger partial charge in [0.15, 0.2) is 0 Å². The van der Waals surface area contributed by atoms with E-state index in [0.717, 1.165) is 32.5 Å². The minimum atomic E-state index is 0.798. The molecule has 2 nitrogen and oxygen atoms in total. The maximum atomic E-state index is 5.43. The number of hydrogen-bond acceptors (Lipinski definition) is 2. The lowest BCUT2D eigenvalue weighted by atomic mass is 10.1. The van der Waals surface area contributed by atoms with Gasteiger partial charge in [-0.25, -0.2) is 0 Å². The van der Waals surface area contributed by atoms with E-state index in [1.165, 1.54) is 17.5 Å². The van der Waals surface area contributed by atoms with Crippen LogP contribution in [0.1, 0.15) is 30.9 Å². The normalized spacial score (nSPS) is 10.5. The lowest BCUT2D eigenvalue weighted by Gasteiger charge is -2.05. The molecule has 0 saturated heterocycles. The number of nitrogens with one attached hydrogen (secondary N) is 1. The number of hydrogen-bond donors (Lipinski definition) is 2. The van der Waals surface area contributed by atoms with Gasteiger partial charge in [-0.2, -0.15) is 0 Å². The average molecular weight is 206 g/mol. The van der Waals surface area contributed by atoms with Gasteiger partial charge in [0.2, 0.25) is 0 Å². The highest BCUT2D eigenvalue weighted by atomic mass is 14.8. The Balaban J connectivity index is 2.20. The first-order valence-corrected chi connectivity index (χ1v) is 5.85. The van der Waals surface area contributed by atoms with Crippen molar-refractivity contribution in [3.05, 3.63) is 35.4 Å². The lowest BCUT2D eigenvalue weighted by molar-refractivity contribution is 0.627. The molecule has 0 aliphatic rings. The third kappa shape index (κ3) is 4.96. The summed E-state index contributed by atoms with van der Waals surface area (Å²) >= 11 is 0. The fraction of sp³-hybridized carbons (Fsp3) is 0.538. The molecule has 15 heavy (non-hydrogen) atoms. The SMILES string of the molecule is CCc1ccc(CNCCCCN)cc1. The average Bonchev–Trinajstić information content (AvgIpc) is 2.30. The summed E-state index contributed by atoms with van der Waals surface area (Å²) in [5, 5.41) is 3.42. The first-order chi connectivity index (χ1) is 7.36. The fourth-order valence-electron chi connectivity index (χ4n) is 1.52. The second-order valence-corrected chi connectivity index (χ2v) is 3.84. The summed E-state index contributed by atoms with van der Waals surface area (Å²) in [6.07, 6.45) is 3.40. The van der Waals surface area contributed by atoms with Crippen molar-refractivity contribution >= 4 is 0 Å². The maximum Gasteiger partial charge on any atom is 0.0205 e. The number of benzene rings is 1. The Morgan fingerprint density at radius 1 is 1.07 bits per heavy atom. The van der Waals surface area contributed by atoms with Crippen LogP contribution in [-0.2, 0) is 13.0 Å². The van der Waals surface area contributed by atoms with Crippen LogP contribution in [0.3, 0.4) is 0 Å². The molecule has 1 aromatic rings. The summed E-state index contributed by atoms with van der Waals surface area (Å²) < 4.78 is 0. The van der Waals surface area contributed by atoms with Crippen molar-refractivity contribution in [3.8, 4) is 0 Å². The van der Waals surface area contributed by atoms with E-state index in [4.69, 9.17) is 5.73 Å². The van der Waals surface area contributed by atoms with Crippen molar-refractivity contribution < 1.29 is 0 Å². The summed E-state index contributed by atoms with van der Waals surface area (Å²) in [4.78, 5) is 0. The molecular formula is C13H22N2.